The standard InChI is InChI=1S/C30H25F3N4O/c1-2-7-28-34-25-10-5-6-11-26(25)37(28)18-19-12-15-23-21(16-19)14-13-20-8-3-4-9-22(20)24(23)17-27-35-29(38-36-27)30(31,32)33/h3-6,8-12,15-17H,2,7,13-14,18H2,1H3/b24-17+. The molecule has 0 atom stereocenters. The van der Waals surface area contributed by atoms with Crippen LogP contribution in [0.25, 0.3) is 22.7 Å². The number of rotatable bonds is 5. The van der Waals surface area contributed by atoms with Gasteiger partial charge in [-0.25, -0.2) is 4.98 Å². The van der Waals surface area contributed by atoms with Gasteiger partial charge in [-0.2, -0.15) is 18.2 Å². The summed E-state index contributed by atoms with van der Waals surface area (Å²) in [7, 11) is 0. The van der Waals surface area contributed by atoms with E-state index in [1.54, 1.807) is 6.08 Å². The Balaban J connectivity index is 1.43. The first-order chi connectivity index (χ1) is 18.4. The van der Waals surface area contributed by atoms with Crippen LogP contribution in [0.2, 0.25) is 0 Å². The van der Waals surface area contributed by atoms with Crippen molar-refractivity contribution < 1.29 is 17.7 Å². The van der Waals surface area contributed by atoms with Crippen LogP contribution < -0.4 is 0 Å². The maximum atomic E-state index is 13.1. The number of aryl methyl sites for hydroxylation is 3. The van der Waals surface area contributed by atoms with Crippen molar-refractivity contribution in [1.82, 2.24) is 19.7 Å². The Morgan fingerprint density at radius 3 is 2.50 bits per heavy atom. The molecule has 2 heterocycles. The fraction of sp³-hybridized carbons (Fsp3) is 0.233. The molecule has 0 bridgehead atoms. The lowest BCUT2D eigenvalue weighted by molar-refractivity contribution is -0.159. The molecular weight excluding hydrogens is 489 g/mol. The second-order valence-corrected chi connectivity index (χ2v) is 9.52. The number of imidazole rings is 1. The number of hydrogen-bond donors (Lipinski definition) is 0. The van der Waals surface area contributed by atoms with Gasteiger partial charge in [0.05, 0.1) is 11.0 Å². The minimum absolute atomic E-state index is 0.104. The Kier molecular flexibility index (Phi) is 6.10. The smallest absolute Gasteiger partial charge is 0.329 e. The third-order valence-electron chi connectivity index (χ3n) is 6.94. The van der Waals surface area contributed by atoms with Crippen LogP contribution in [0.15, 0.2) is 71.3 Å². The lowest BCUT2D eigenvalue weighted by atomic mass is 9.92. The van der Waals surface area contributed by atoms with E-state index in [1.807, 2.05) is 36.4 Å². The van der Waals surface area contributed by atoms with Crippen LogP contribution in [-0.2, 0) is 32.0 Å². The number of nitrogens with zero attached hydrogens (tertiary/aromatic N) is 4. The number of para-hydroxylation sites is 2. The largest absolute Gasteiger partial charge is 0.471 e. The second kappa shape index (κ2) is 9.59. The summed E-state index contributed by atoms with van der Waals surface area (Å²) in [6.45, 7) is 2.84. The molecular formula is C30H25F3N4O. The zero-order valence-electron chi connectivity index (χ0n) is 20.8. The summed E-state index contributed by atoms with van der Waals surface area (Å²) in [6, 6.07) is 22.5. The van der Waals surface area contributed by atoms with E-state index in [1.165, 1.54) is 0 Å². The van der Waals surface area contributed by atoms with Crippen molar-refractivity contribution in [3.8, 4) is 0 Å². The summed E-state index contributed by atoms with van der Waals surface area (Å²) >= 11 is 0. The Morgan fingerprint density at radius 1 is 0.921 bits per heavy atom. The summed E-state index contributed by atoms with van der Waals surface area (Å²) in [4.78, 5) is 8.44. The molecule has 0 aliphatic heterocycles. The van der Waals surface area contributed by atoms with Crippen molar-refractivity contribution in [3.05, 3.63) is 112 Å². The van der Waals surface area contributed by atoms with E-state index in [2.05, 4.69) is 56.5 Å². The van der Waals surface area contributed by atoms with Gasteiger partial charge in [0.1, 0.15) is 5.82 Å². The molecule has 0 radical (unpaired) electrons. The zero-order chi connectivity index (χ0) is 26.3. The minimum atomic E-state index is -4.69. The molecule has 3 aromatic carbocycles. The molecule has 0 saturated carbocycles. The Bertz CT molecular complexity index is 1660. The van der Waals surface area contributed by atoms with Gasteiger partial charge in [0.25, 0.3) is 0 Å². The average Bonchev–Trinajstić information content (AvgIpc) is 3.48. The highest BCUT2D eigenvalue weighted by Gasteiger charge is 2.38. The van der Waals surface area contributed by atoms with Crippen molar-refractivity contribution in [2.45, 2.75) is 45.3 Å². The first kappa shape index (κ1) is 24.2. The lowest BCUT2D eigenvalue weighted by Gasteiger charge is -2.14. The number of fused-ring (bicyclic) bond motifs is 3. The van der Waals surface area contributed by atoms with Gasteiger partial charge in [0, 0.05) is 13.0 Å². The summed E-state index contributed by atoms with van der Waals surface area (Å²) in [6.07, 6.45) is 0.428. The fourth-order valence-corrected chi connectivity index (χ4v) is 5.22. The predicted octanol–water partition coefficient (Wildman–Crippen LogP) is 7.13. The van der Waals surface area contributed by atoms with Gasteiger partial charge < -0.3 is 9.09 Å². The molecule has 1 aliphatic rings. The van der Waals surface area contributed by atoms with Crippen molar-refractivity contribution in [3.63, 3.8) is 0 Å². The van der Waals surface area contributed by atoms with Crippen molar-refractivity contribution in [1.29, 1.82) is 0 Å². The zero-order valence-corrected chi connectivity index (χ0v) is 20.8. The van der Waals surface area contributed by atoms with Gasteiger partial charge in [0.15, 0.2) is 5.82 Å². The van der Waals surface area contributed by atoms with Crippen molar-refractivity contribution >= 4 is 22.7 Å². The van der Waals surface area contributed by atoms with Crippen molar-refractivity contribution in [2.75, 3.05) is 0 Å². The van der Waals surface area contributed by atoms with Gasteiger partial charge in [-0.05, 0) is 70.9 Å². The maximum Gasteiger partial charge on any atom is 0.471 e. The van der Waals surface area contributed by atoms with Gasteiger partial charge in [0.2, 0.25) is 0 Å². The molecule has 0 N–H and O–H groups in total. The molecule has 5 aromatic rings. The first-order valence-electron chi connectivity index (χ1n) is 12.7. The molecule has 0 unspecified atom stereocenters. The Hall–Kier alpha value is -4.20. The highest BCUT2D eigenvalue weighted by atomic mass is 19.4. The summed E-state index contributed by atoms with van der Waals surface area (Å²) in [5.74, 6) is -0.389. The van der Waals surface area contributed by atoms with E-state index in [0.29, 0.717) is 6.54 Å². The summed E-state index contributed by atoms with van der Waals surface area (Å²) in [5.41, 5.74) is 8.21. The van der Waals surface area contributed by atoms with E-state index < -0.39 is 12.1 Å². The van der Waals surface area contributed by atoms with Gasteiger partial charge in [-0.3, -0.25) is 0 Å². The minimum Gasteiger partial charge on any atom is -0.329 e. The molecule has 6 rings (SSSR count). The van der Waals surface area contributed by atoms with E-state index in [4.69, 9.17) is 4.98 Å². The van der Waals surface area contributed by atoms with Crippen LogP contribution in [0.4, 0.5) is 13.2 Å². The quantitative estimate of drug-likeness (QED) is 0.250. The SMILES string of the molecule is CCCc1nc2ccccc2n1Cc1ccc2c(c1)CCc1ccccc1/C2=C\c1noc(C(F)(F)F)n1. The van der Waals surface area contributed by atoms with Gasteiger partial charge in [-0.15, -0.1) is 0 Å². The maximum absolute atomic E-state index is 13.1. The number of aromatic nitrogens is 4. The van der Waals surface area contributed by atoms with E-state index in [0.717, 1.165) is 75.9 Å². The van der Waals surface area contributed by atoms with Crippen LogP contribution in [0, 0.1) is 0 Å². The number of halogens is 3. The number of hydrogen-bond acceptors (Lipinski definition) is 4. The van der Waals surface area contributed by atoms with E-state index in [9.17, 15) is 13.2 Å². The summed E-state index contributed by atoms with van der Waals surface area (Å²) < 4.78 is 46.0. The van der Waals surface area contributed by atoms with E-state index >= 15 is 0 Å². The molecule has 0 amide bonds. The highest BCUT2D eigenvalue weighted by molar-refractivity contribution is 5.93. The van der Waals surface area contributed by atoms with Gasteiger partial charge in [-0.1, -0.05) is 66.7 Å². The Labute approximate surface area is 217 Å². The molecule has 0 spiro atoms. The molecule has 0 saturated heterocycles. The van der Waals surface area contributed by atoms with Crippen LogP contribution in [0.3, 0.4) is 0 Å². The van der Waals surface area contributed by atoms with Crippen LogP contribution in [0.5, 0.6) is 0 Å². The first-order valence-corrected chi connectivity index (χ1v) is 12.7. The molecule has 192 valence electrons. The van der Waals surface area contributed by atoms with E-state index in [-0.39, 0.29) is 5.82 Å². The topological polar surface area (TPSA) is 56.7 Å². The average molecular weight is 515 g/mol. The lowest BCUT2D eigenvalue weighted by Crippen LogP contribution is -2.06. The molecule has 8 heteroatoms. The Morgan fingerprint density at radius 2 is 1.68 bits per heavy atom. The fourth-order valence-electron chi connectivity index (χ4n) is 5.22. The van der Waals surface area contributed by atoms with Crippen LogP contribution in [0.1, 0.15) is 58.7 Å². The third-order valence-corrected chi connectivity index (χ3v) is 6.94. The number of alkyl halides is 3. The molecule has 1 aliphatic carbocycles. The van der Waals surface area contributed by atoms with Crippen LogP contribution in [-0.4, -0.2) is 19.7 Å². The monoisotopic (exact) mass is 514 g/mol. The van der Waals surface area contributed by atoms with Crippen molar-refractivity contribution in [2.24, 2.45) is 0 Å². The third kappa shape index (κ3) is 4.51. The molecule has 38 heavy (non-hydrogen) atoms. The van der Waals surface area contributed by atoms with Gasteiger partial charge >= 0.3 is 12.1 Å². The predicted molar refractivity (Wildman–Crippen MR) is 139 cm³/mol. The number of benzene rings is 3. The molecule has 0 fully saturated rings. The summed E-state index contributed by atoms with van der Waals surface area (Å²) in [5, 5.41) is 3.58. The molecule has 5 nitrogen and oxygen atoms in total. The normalized spacial score (nSPS) is 14.5. The second-order valence-electron chi connectivity index (χ2n) is 9.52. The molecule has 2 aromatic heterocycles. The highest BCUT2D eigenvalue weighted by Crippen LogP contribution is 2.36. The van der Waals surface area contributed by atoms with Crippen LogP contribution >= 0.6 is 0 Å².